The number of hydrogen-bond acceptors (Lipinski definition) is 4. The molecule has 0 atom stereocenters. The van der Waals surface area contributed by atoms with Crippen LogP contribution >= 0.6 is 0 Å². The molecule has 1 N–H and O–H groups in total. The van der Waals surface area contributed by atoms with E-state index >= 15 is 0 Å². The third-order valence-electron chi connectivity index (χ3n) is 4.17. The number of nitrogens with one attached hydrogen (secondary N) is 1. The van der Waals surface area contributed by atoms with Gasteiger partial charge in [-0.3, -0.25) is 0 Å². The normalized spacial score (nSPS) is 15.6. The molecule has 1 saturated carbocycles. The second-order valence-corrected chi connectivity index (χ2v) is 5.75. The summed E-state index contributed by atoms with van der Waals surface area (Å²) in [6, 6.07) is 0.652. The molecule has 0 aromatic carbocycles. The van der Waals surface area contributed by atoms with Gasteiger partial charge in [0.25, 0.3) is 0 Å². The van der Waals surface area contributed by atoms with Crippen LogP contribution in [-0.2, 0) is 6.42 Å². The molecule has 1 heterocycles. The Kier molecular flexibility index (Phi) is 5.62. The van der Waals surface area contributed by atoms with Crippen LogP contribution in [-0.4, -0.2) is 29.6 Å². The number of anilines is 2. The van der Waals surface area contributed by atoms with Crippen molar-refractivity contribution >= 4 is 11.6 Å². The average Bonchev–Trinajstić information content (AvgIpc) is 3.00. The molecule has 0 saturated heterocycles. The van der Waals surface area contributed by atoms with E-state index in [4.69, 9.17) is 0 Å². The van der Waals surface area contributed by atoms with E-state index in [9.17, 15) is 0 Å². The van der Waals surface area contributed by atoms with Gasteiger partial charge in [-0.2, -0.15) is 0 Å². The first-order chi connectivity index (χ1) is 9.77. The maximum atomic E-state index is 4.59. The lowest BCUT2D eigenvalue weighted by Crippen LogP contribution is -2.31. The molecule has 0 amide bonds. The highest BCUT2D eigenvalue weighted by atomic mass is 15.2. The molecule has 4 heteroatoms. The van der Waals surface area contributed by atoms with Gasteiger partial charge in [-0.15, -0.1) is 0 Å². The Morgan fingerprint density at radius 2 is 1.95 bits per heavy atom. The lowest BCUT2D eigenvalue weighted by molar-refractivity contribution is 0.641. The van der Waals surface area contributed by atoms with Gasteiger partial charge in [0.1, 0.15) is 18.0 Å². The highest BCUT2D eigenvalue weighted by Gasteiger charge is 2.23. The zero-order valence-corrected chi connectivity index (χ0v) is 13.2. The summed E-state index contributed by atoms with van der Waals surface area (Å²) in [7, 11) is 2.20. The van der Waals surface area contributed by atoms with Crippen molar-refractivity contribution in [2.75, 3.05) is 23.8 Å². The molecule has 112 valence electrons. The van der Waals surface area contributed by atoms with Crippen molar-refractivity contribution in [3.63, 3.8) is 0 Å². The lowest BCUT2D eigenvalue weighted by atomic mass is 10.1. The van der Waals surface area contributed by atoms with Gasteiger partial charge in [-0.1, -0.05) is 33.1 Å². The van der Waals surface area contributed by atoms with Crippen LogP contribution in [0, 0.1) is 0 Å². The van der Waals surface area contributed by atoms with Gasteiger partial charge in [0.05, 0.1) is 0 Å². The van der Waals surface area contributed by atoms with Gasteiger partial charge in [0.2, 0.25) is 0 Å². The molecular formula is C16H28N4. The topological polar surface area (TPSA) is 41.1 Å². The van der Waals surface area contributed by atoms with Crippen LogP contribution in [0.4, 0.5) is 11.6 Å². The van der Waals surface area contributed by atoms with E-state index in [2.05, 4.69) is 41.1 Å². The molecular weight excluding hydrogens is 248 g/mol. The fourth-order valence-corrected chi connectivity index (χ4v) is 3.05. The van der Waals surface area contributed by atoms with E-state index in [1.807, 2.05) is 0 Å². The molecule has 1 aromatic rings. The standard InChI is InChI=1S/C16H28N4/c1-4-8-14-15(17-11-5-2)18-12-19-16(14)20(3)13-9-6-7-10-13/h12-13H,4-11H2,1-3H3,(H,17,18,19). The van der Waals surface area contributed by atoms with Crippen LogP contribution in [0.15, 0.2) is 6.33 Å². The fraction of sp³-hybridized carbons (Fsp3) is 0.750. The minimum atomic E-state index is 0.652. The average molecular weight is 276 g/mol. The first-order valence-electron chi connectivity index (χ1n) is 8.08. The van der Waals surface area contributed by atoms with Crippen molar-refractivity contribution < 1.29 is 0 Å². The van der Waals surface area contributed by atoms with Crippen molar-refractivity contribution in [3.05, 3.63) is 11.9 Å². The minimum absolute atomic E-state index is 0.652. The molecule has 0 aliphatic heterocycles. The van der Waals surface area contributed by atoms with Crippen LogP contribution in [0.5, 0.6) is 0 Å². The summed E-state index contributed by atoms with van der Waals surface area (Å²) >= 11 is 0. The molecule has 0 radical (unpaired) electrons. The zero-order valence-electron chi connectivity index (χ0n) is 13.2. The summed E-state index contributed by atoms with van der Waals surface area (Å²) in [6.07, 6.45) is 10.3. The van der Waals surface area contributed by atoms with Gasteiger partial charge >= 0.3 is 0 Å². The van der Waals surface area contributed by atoms with Gasteiger partial charge < -0.3 is 10.2 Å². The Hall–Kier alpha value is -1.32. The first kappa shape index (κ1) is 15.1. The Balaban J connectivity index is 2.25. The summed E-state index contributed by atoms with van der Waals surface area (Å²) in [5.41, 5.74) is 1.29. The number of nitrogens with zero attached hydrogens (tertiary/aromatic N) is 3. The Labute approximate surface area is 123 Å². The lowest BCUT2D eigenvalue weighted by Gasteiger charge is -2.28. The molecule has 20 heavy (non-hydrogen) atoms. The highest BCUT2D eigenvalue weighted by molar-refractivity contribution is 5.59. The summed E-state index contributed by atoms with van der Waals surface area (Å²) in [5.74, 6) is 2.16. The van der Waals surface area contributed by atoms with Crippen LogP contribution in [0.1, 0.15) is 57.9 Å². The van der Waals surface area contributed by atoms with E-state index in [-0.39, 0.29) is 0 Å². The largest absolute Gasteiger partial charge is 0.370 e. The monoisotopic (exact) mass is 276 g/mol. The van der Waals surface area contributed by atoms with Gasteiger partial charge in [0, 0.05) is 25.2 Å². The minimum Gasteiger partial charge on any atom is -0.370 e. The number of aromatic nitrogens is 2. The molecule has 0 bridgehead atoms. The predicted octanol–water partition coefficient (Wildman–Crippen LogP) is 3.63. The third kappa shape index (κ3) is 3.41. The zero-order chi connectivity index (χ0) is 14.4. The van der Waals surface area contributed by atoms with Crippen LogP contribution < -0.4 is 10.2 Å². The van der Waals surface area contributed by atoms with Gasteiger partial charge in [-0.25, -0.2) is 9.97 Å². The molecule has 1 fully saturated rings. The van der Waals surface area contributed by atoms with Gasteiger partial charge in [-0.05, 0) is 25.7 Å². The van der Waals surface area contributed by atoms with Crippen LogP contribution in [0.25, 0.3) is 0 Å². The molecule has 1 aliphatic carbocycles. The van der Waals surface area contributed by atoms with E-state index in [0.717, 1.165) is 37.4 Å². The Morgan fingerprint density at radius 3 is 2.60 bits per heavy atom. The van der Waals surface area contributed by atoms with Crippen LogP contribution in [0.2, 0.25) is 0 Å². The van der Waals surface area contributed by atoms with Crippen LogP contribution in [0.3, 0.4) is 0 Å². The third-order valence-corrected chi connectivity index (χ3v) is 4.17. The van der Waals surface area contributed by atoms with E-state index in [1.165, 1.54) is 31.2 Å². The van der Waals surface area contributed by atoms with E-state index in [0.29, 0.717) is 6.04 Å². The predicted molar refractivity (Wildman–Crippen MR) is 85.5 cm³/mol. The number of hydrogen-bond donors (Lipinski definition) is 1. The summed E-state index contributed by atoms with van der Waals surface area (Å²) in [4.78, 5) is 11.4. The maximum Gasteiger partial charge on any atom is 0.137 e. The molecule has 0 unspecified atom stereocenters. The molecule has 0 spiro atoms. The second kappa shape index (κ2) is 7.46. The fourth-order valence-electron chi connectivity index (χ4n) is 3.05. The summed E-state index contributed by atoms with van der Waals surface area (Å²) in [6.45, 7) is 5.37. The van der Waals surface area contributed by atoms with E-state index < -0.39 is 0 Å². The highest BCUT2D eigenvalue weighted by Crippen LogP contribution is 2.30. The first-order valence-corrected chi connectivity index (χ1v) is 8.08. The molecule has 2 rings (SSSR count). The van der Waals surface area contributed by atoms with Crippen molar-refractivity contribution in [3.8, 4) is 0 Å². The summed E-state index contributed by atoms with van der Waals surface area (Å²) in [5, 5.41) is 3.46. The molecule has 1 aliphatic rings. The Bertz CT molecular complexity index is 413. The van der Waals surface area contributed by atoms with Crippen molar-refractivity contribution in [2.24, 2.45) is 0 Å². The molecule has 1 aromatic heterocycles. The second-order valence-electron chi connectivity index (χ2n) is 5.75. The summed E-state index contributed by atoms with van der Waals surface area (Å²) < 4.78 is 0. The van der Waals surface area contributed by atoms with Crippen molar-refractivity contribution in [1.29, 1.82) is 0 Å². The SMILES string of the molecule is CCCNc1ncnc(N(C)C2CCCC2)c1CCC. The van der Waals surface area contributed by atoms with Gasteiger partial charge in [0.15, 0.2) is 0 Å². The Morgan fingerprint density at radius 1 is 1.20 bits per heavy atom. The molecule has 4 nitrogen and oxygen atoms in total. The smallest absolute Gasteiger partial charge is 0.137 e. The quantitative estimate of drug-likeness (QED) is 0.825. The van der Waals surface area contributed by atoms with Crippen molar-refractivity contribution in [2.45, 2.75) is 64.8 Å². The van der Waals surface area contributed by atoms with Crippen molar-refractivity contribution in [1.82, 2.24) is 9.97 Å². The maximum absolute atomic E-state index is 4.59. The number of rotatable bonds is 7. The van der Waals surface area contributed by atoms with E-state index in [1.54, 1.807) is 6.33 Å².